The average molecular weight is 407 g/mol. The Hall–Kier alpha value is -3.12. The molecule has 6 heteroatoms. The fourth-order valence-electron chi connectivity index (χ4n) is 3.59. The largest absolute Gasteiger partial charge is 0.492 e. The zero-order valence-electron chi connectivity index (χ0n) is 17.7. The van der Waals surface area contributed by atoms with Crippen molar-refractivity contribution in [2.75, 3.05) is 26.2 Å². The molecule has 2 N–H and O–H groups in total. The Morgan fingerprint density at radius 2 is 1.60 bits per heavy atom. The van der Waals surface area contributed by atoms with Crippen LogP contribution in [0.25, 0.3) is 22.4 Å². The first-order chi connectivity index (χ1) is 14.6. The summed E-state index contributed by atoms with van der Waals surface area (Å²) < 4.78 is 1.59. The van der Waals surface area contributed by atoms with Crippen molar-refractivity contribution < 1.29 is 9.90 Å². The van der Waals surface area contributed by atoms with Crippen molar-refractivity contribution in [2.45, 2.75) is 26.8 Å². The molecule has 1 heterocycles. The van der Waals surface area contributed by atoms with Crippen molar-refractivity contribution in [1.82, 2.24) is 20.0 Å². The number of aromatic hydroxyl groups is 1. The molecule has 0 unspecified atom stereocenters. The van der Waals surface area contributed by atoms with Crippen LogP contribution in [0.5, 0.6) is 5.88 Å². The van der Waals surface area contributed by atoms with E-state index >= 15 is 0 Å². The van der Waals surface area contributed by atoms with Gasteiger partial charge in [-0.3, -0.25) is 9.48 Å². The zero-order chi connectivity index (χ0) is 21.3. The second-order valence-electron chi connectivity index (χ2n) is 7.17. The van der Waals surface area contributed by atoms with E-state index in [9.17, 15) is 9.90 Å². The minimum absolute atomic E-state index is 0.0515. The van der Waals surface area contributed by atoms with E-state index in [2.05, 4.69) is 29.2 Å². The molecule has 0 atom stereocenters. The van der Waals surface area contributed by atoms with Crippen molar-refractivity contribution in [3.8, 4) is 28.3 Å². The molecule has 0 spiro atoms. The van der Waals surface area contributed by atoms with Crippen LogP contribution in [0.2, 0.25) is 0 Å². The maximum absolute atomic E-state index is 12.6. The summed E-state index contributed by atoms with van der Waals surface area (Å²) in [7, 11) is 0. The molecule has 0 saturated carbocycles. The summed E-state index contributed by atoms with van der Waals surface area (Å²) >= 11 is 0. The number of rotatable bonds is 10. The summed E-state index contributed by atoms with van der Waals surface area (Å²) in [6.07, 6.45) is 0.901. The first-order valence-electron chi connectivity index (χ1n) is 10.5. The molecule has 1 amide bonds. The number of carbonyl (C=O) groups is 1. The van der Waals surface area contributed by atoms with Crippen molar-refractivity contribution in [1.29, 1.82) is 0 Å². The highest BCUT2D eigenvalue weighted by molar-refractivity contribution is 5.86. The maximum atomic E-state index is 12.6. The van der Waals surface area contributed by atoms with E-state index in [1.807, 2.05) is 60.7 Å². The zero-order valence-corrected chi connectivity index (χ0v) is 17.7. The van der Waals surface area contributed by atoms with Gasteiger partial charge in [-0.05, 0) is 31.6 Å². The van der Waals surface area contributed by atoms with Crippen LogP contribution in [0, 0.1) is 0 Å². The lowest BCUT2D eigenvalue weighted by atomic mass is 10.0. The van der Waals surface area contributed by atoms with Gasteiger partial charge in [-0.1, -0.05) is 74.5 Å². The first kappa shape index (κ1) is 21.6. The number of amides is 1. The average Bonchev–Trinajstić information content (AvgIpc) is 3.10. The summed E-state index contributed by atoms with van der Waals surface area (Å²) in [6, 6.07) is 19.4. The fraction of sp³-hybridized carbons (Fsp3) is 0.333. The van der Waals surface area contributed by atoms with Crippen LogP contribution in [0.15, 0.2) is 60.7 Å². The van der Waals surface area contributed by atoms with Crippen LogP contribution in [0.3, 0.4) is 0 Å². The van der Waals surface area contributed by atoms with Crippen LogP contribution < -0.4 is 5.32 Å². The minimum Gasteiger partial charge on any atom is -0.492 e. The van der Waals surface area contributed by atoms with Crippen molar-refractivity contribution in [2.24, 2.45) is 0 Å². The summed E-state index contributed by atoms with van der Waals surface area (Å²) in [5, 5.41) is 17.9. The van der Waals surface area contributed by atoms with E-state index in [1.54, 1.807) is 4.68 Å². The summed E-state index contributed by atoms with van der Waals surface area (Å²) in [5.41, 5.74) is 3.13. The highest BCUT2D eigenvalue weighted by atomic mass is 16.3. The third kappa shape index (κ3) is 5.27. The Morgan fingerprint density at radius 1 is 1.00 bits per heavy atom. The summed E-state index contributed by atoms with van der Waals surface area (Å²) in [4.78, 5) is 14.9. The lowest BCUT2D eigenvalue weighted by Gasteiger charge is -2.17. The van der Waals surface area contributed by atoms with Gasteiger partial charge in [0.15, 0.2) is 0 Å². The fourth-order valence-corrected chi connectivity index (χ4v) is 3.59. The SMILES string of the molecule is CCN(CC)CCCNC(=O)Cn1nc(O)c(-c2ccccc2)c1-c1ccccc1. The normalized spacial score (nSPS) is 11.0. The van der Waals surface area contributed by atoms with E-state index in [0.29, 0.717) is 12.1 Å². The van der Waals surface area contributed by atoms with Crippen LogP contribution in [0.1, 0.15) is 20.3 Å². The van der Waals surface area contributed by atoms with E-state index in [1.165, 1.54) is 0 Å². The molecule has 0 radical (unpaired) electrons. The van der Waals surface area contributed by atoms with E-state index in [4.69, 9.17) is 0 Å². The Morgan fingerprint density at radius 3 is 2.20 bits per heavy atom. The highest BCUT2D eigenvalue weighted by Crippen LogP contribution is 2.38. The van der Waals surface area contributed by atoms with Crippen molar-refractivity contribution in [3.05, 3.63) is 60.7 Å². The molecular formula is C24H30N4O2. The van der Waals surface area contributed by atoms with Crippen LogP contribution in [-0.2, 0) is 11.3 Å². The second-order valence-corrected chi connectivity index (χ2v) is 7.17. The first-order valence-corrected chi connectivity index (χ1v) is 10.5. The molecule has 158 valence electrons. The van der Waals surface area contributed by atoms with Crippen molar-refractivity contribution >= 4 is 5.91 Å². The van der Waals surface area contributed by atoms with E-state index in [0.717, 1.165) is 42.9 Å². The molecule has 30 heavy (non-hydrogen) atoms. The molecule has 1 aromatic heterocycles. The van der Waals surface area contributed by atoms with Gasteiger partial charge >= 0.3 is 0 Å². The Bertz CT molecular complexity index is 935. The number of nitrogens with one attached hydrogen (secondary N) is 1. The van der Waals surface area contributed by atoms with Crippen LogP contribution >= 0.6 is 0 Å². The molecule has 6 nitrogen and oxygen atoms in total. The molecule has 0 saturated heterocycles. The molecule has 0 fully saturated rings. The lowest BCUT2D eigenvalue weighted by molar-refractivity contribution is -0.121. The smallest absolute Gasteiger partial charge is 0.241 e. The highest BCUT2D eigenvalue weighted by Gasteiger charge is 2.21. The molecule has 0 bridgehead atoms. The molecule has 2 aromatic carbocycles. The summed E-state index contributed by atoms with van der Waals surface area (Å²) in [6.45, 7) is 7.94. The van der Waals surface area contributed by atoms with Gasteiger partial charge in [0.2, 0.25) is 11.8 Å². The topological polar surface area (TPSA) is 70.4 Å². The number of hydrogen-bond donors (Lipinski definition) is 2. The second kappa shape index (κ2) is 10.6. The van der Waals surface area contributed by atoms with E-state index < -0.39 is 0 Å². The monoisotopic (exact) mass is 406 g/mol. The number of hydrogen-bond acceptors (Lipinski definition) is 4. The Balaban J connectivity index is 1.79. The van der Waals surface area contributed by atoms with Gasteiger partial charge in [-0.2, -0.15) is 0 Å². The van der Waals surface area contributed by atoms with Gasteiger partial charge in [0.25, 0.3) is 0 Å². The predicted molar refractivity (Wildman–Crippen MR) is 120 cm³/mol. The Kier molecular flexibility index (Phi) is 7.63. The van der Waals surface area contributed by atoms with Gasteiger partial charge < -0.3 is 15.3 Å². The molecule has 0 aliphatic rings. The molecule has 3 aromatic rings. The lowest BCUT2D eigenvalue weighted by Crippen LogP contribution is -2.32. The maximum Gasteiger partial charge on any atom is 0.241 e. The van der Waals surface area contributed by atoms with Gasteiger partial charge in [-0.15, -0.1) is 5.10 Å². The van der Waals surface area contributed by atoms with Crippen LogP contribution in [0.4, 0.5) is 0 Å². The molecule has 3 rings (SSSR count). The third-order valence-corrected chi connectivity index (χ3v) is 5.20. The number of nitrogens with zero attached hydrogens (tertiary/aromatic N) is 3. The van der Waals surface area contributed by atoms with Gasteiger partial charge in [0.1, 0.15) is 6.54 Å². The molecular weight excluding hydrogens is 376 g/mol. The number of benzene rings is 2. The predicted octanol–water partition coefficient (Wildman–Crippen LogP) is 3.77. The minimum atomic E-state index is -0.117. The quantitative estimate of drug-likeness (QED) is 0.503. The third-order valence-electron chi connectivity index (χ3n) is 5.20. The Labute approximate surface area is 178 Å². The van der Waals surface area contributed by atoms with Crippen molar-refractivity contribution in [3.63, 3.8) is 0 Å². The molecule has 0 aliphatic carbocycles. The number of carbonyl (C=O) groups excluding carboxylic acids is 1. The van der Waals surface area contributed by atoms with Crippen LogP contribution in [-0.4, -0.2) is 51.9 Å². The van der Waals surface area contributed by atoms with E-state index in [-0.39, 0.29) is 18.3 Å². The van der Waals surface area contributed by atoms with Gasteiger partial charge in [-0.25, -0.2) is 0 Å². The van der Waals surface area contributed by atoms with Gasteiger partial charge in [0, 0.05) is 12.1 Å². The molecule has 0 aliphatic heterocycles. The number of aromatic nitrogens is 2. The standard InChI is InChI=1S/C24H30N4O2/c1-3-27(4-2)17-11-16-25-21(29)18-28-23(20-14-9-6-10-15-20)22(24(30)26-28)19-12-7-5-8-13-19/h5-10,12-15H,3-4,11,16-18H2,1-2H3,(H,25,29)(H,26,30). The summed E-state index contributed by atoms with van der Waals surface area (Å²) in [5.74, 6) is -0.191. The van der Waals surface area contributed by atoms with Gasteiger partial charge in [0.05, 0.1) is 11.3 Å².